The number of quaternary nitrogens is 1. The lowest BCUT2D eigenvalue weighted by Gasteiger charge is -2.33. The van der Waals surface area contributed by atoms with E-state index in [1.165, 1.54) is 29.2 Å². The van der Waals surface area contributed by atoms with Gasteiger partial charge in [-0.3, -0.25) is 0 Å². The lowest BCUT2D eigenvalue weighted by molar-refractivity contribution is -0.900. The van der Waals surface area contributed by atoms with Crippen LogP contribution in [0.4, 0.5) is 23.2 Å². The van der Waals surface area contributed by atoms with Crippen LogP contribution in [0.1, 0.15) is 5.56 Å². The predicted molar refractivity (Wildman–Crippen MR) is 91.1 cm³/mol. The van der Waals surface area contributed by atoms with Crippen molar-refractivity contribution in [2.24, 2.45) is 0 Å². The first kappa shape index (κ1) is 18.5. The Hall–Kier alpha value is -2.28. The van der Waals surface area contributed by atoms with Gasteiger partial charge in [0.15, 0.2) is 0 Å². The standard InChI is InChI=1S/C19H20F4N2O/c20-16-4-6-18(7-5-16)26-13-12-24-8-10-25(11-9-24)17-3-1-2-15(14-17)19(21,22)23/h1-7,14H,8-13H2/p+1. The van der Waals surface area contributed by atoms with Crippen molar-refractivity contribution in [1.29, 1.82) is 0 Å². The predicted octanol–water partition coefficient (Wildman–Crippen LogP) is 2.63. The minimum absolute atomic E-state index is 0.298. The second kappa shape index (κ2) is 7.95. The number of hydrogen-bond acceptors (Lipinski definition) is 2. The largest absolute Gasteiger partial charge is 0.488 e. The van der Waals surface area contributed by atoms with Gasteiger partial charge >= 0.3 is 6.18 Å². The number of nitrogens with one attached hydrogen (secondary N) is 1. The molecule has 0 atom stereocenters. The van der Waals surface area contributed by atoms with Crippen LogP contribution in [0.2, 0.25) is 0 Å². The molecule has 0 aliphatic carbocycles. The average Bonchev–Trinajstić information content (AvgIpc) is 2.63. The molecule has 0 saturated carbocycles. The van der Waals surface area contributed by atoms with Crippen molar-refractivity contribution < 1.29 is 27.2 Å². The first-order valence-corrected chi connectivity index (χ1v) is 8.56. The number of rotatable bonds is 5. The average molecular weight is 369 g/mol. The summed E-state index contributed by atoms with van der Waals surface area (Å²) in [6, 6.07) is 11.4. The molecule has 0 unspecified atom stereocenters. The van der Waals surface area contributed by atoms with Gasteiger partial charge in [0.25, 0.3) is 0 Å². The van der Waals surface area contributed by atoms with Crippen LogP contribution in [-0.4, -0.2) is 39.3 Å². The van der Waals surface area contributed by atoms with Crippen molar-refractivity contribution in [3.05, 3.63) is 59.9 Å². The summed E-state index contributed by atoms with van der Waals surface area (Å²) < 4.78 is 57.0. The van der Waals surface area contributed by atoms with Gasteiger partial charge in [-0.2, -0.15) is 13.2 Å². The molecule has 1 heterocycles. The molecule has 0 amide bonds. The molecule has 2 aromatic carbocycles. The minimum Gasteiger partial charge on any atom is -0.488 e. The van der Waals surface area contributed by atoms with E-state index in [1.54, 1.807) is 18.2 Å². The Morgan fingerprint density at radius 1 is 1.00 bits per heavy atom. The maximum atomic E-state index is 12.8. The molecule has 7 heteroatoms. The van der Waals surface area contributed by atoms with Crippen molar-refractivity contribution in [1.82, 2.24) is 0 Å². The van der Waals surface area contributed by atoms with Gasteiger partial charge in [0.2, 0.25) is 0 Å². The smallest absolute Gasteiger partial charge is 0.416 e. The molecule has 1 saturated heterocycles. The topological polar surface area (TPSA) is 16.9 Å². The molecular formula is C19H21F4N2O+. The molecule has 140 valence electrons. The van der Waals surface area contributed by atoms with E-state index < -0.39 is 11.7 Å². The highest BCUT2D eigenvalue weighted by molar-refractivity contribution is 5.49. The fourth-order valence-corrected chi connectivity index (χ4v) is 3.05. The van der Waals surface area contributed by atoms with Crippen molar-refractivity contribution in [2.75, 3.05) is 44.2 Å². The number of hydrogen-bond donors (Lipinski definition) is 1. The number of piperazine rings is 1. The van der Waals surface area contributed by atoms with E-state index in [-0.39, 0.29) is 5.82 Å². The molecule has 26 heavy (non-hydrogen) atoms. The van der Waals surface area contributed by atoms with Crippen LogP contribution in [0.15, 0.2) is 48.5 Å². The summed E-state index contributed by atoms with van der Waals surface area (Å²) in [7, 11) is 0. The Morgan fingerprint density at radius 2 is 1.69 bits per heavy atom. The van der Waals surface area contributed by atoms with E-state index in [1.807, 2.05) is 4.90 Å². The zero-order chi connectivity index (χ0) is 18.6. The van der Waals surface area contributed by atoms with E-state index in [2.05, 4.69) is 0 Å². The highest BCUT2D eigenvalue weighted by Crippen LogP contribution is 2.31. The van der Waals surface area contributed by atoms with E-state index in [4.69, 9.17) is 4.74 Å². The van der Waals surface area contributed by atoms with Crippen LogP contribution < -0.4 is 14.5 Å². The maximum absolute atomic E-state index is 12.8. The van der Waals surface area contributed by atoms with E-state index in [9.17, 15) is 17.6 Å². The molecule has 1 aliphatic rings. The lowest BCUT2D eigenvalue weighted by Crippen LogP contribution is -3.15. The fourth-order valence-electron chi connectivity index (χ4n) is 3.05. The highest BCUT2D eigenvalue weighted by atomic mass is 19.4. The summed E-state index contributed by atoms with van der Waals surface area (Å²) in [5.74, 6) is 0.335. The Labute approximate surface area is 149 Å². The number of nitrogens with zero attached hydrogens (tertiary/aromatic N) is 1. The number of alkyl halides is 3. The molecule has 3 rings (SSSR count). The third-order valence-corrected chi connectivity index (χ3v) is 4.55. The molecule has 3 nitrogen and oxygen atoms in total. The number of anilines is 1. The molecule has 1 N–H and O–H groups in total. The van der Waals surface area contributed by atoms with Crippen molar-refractivity contribution >= 4 is 5.69 Å². The highest BCUT2D eigenvalue weighted by Gasteiger charge is 2.31. The Morgan fingerprint density at radius 3 is 2.35 bits per heavy atom. The van der Waals surface area contributed by atoms with Gasteiger partial charge in [-0.25, -0.2) is 4.39 Å². The van der Waals surface area contributed by atoms with Gasteiger partial charge in [0, 0.05) is 5.69 Å². The minimum atomic E-state index is -4.32. The van der Waals surface area contributed by atoms with Gasteiger partial charge < -0.3 is 14.5 Å². The number of ether oxygens (including phenoxy) is 1. The van der Waals surface area contributed by atoms with Crippen LogP contribution in [0.3, 0.4) is 0 Å². The third kappa shape index (κ3) is 4.88. The summed E-state index contributed by atoms with van der Waals surface area (Å²) in [4.78, 5) is 3.33. The second-order valence-corrected chi connectivity index (χ2v) is 6.34. The van der Waals surface area contributed by atoms with Gasteiger partial charge in [0.05, 0.1) is 31.7 Å². The zero-order valence-corrected chi connectivity index (χ0v) is 14.2. The first-order chi connectivity index (χ1) is 12.4. The second-order valence-electron chi connectivity index (χ2n) is 6.34. The molecular weight excluding hydrogens is 348 g/mol. The third-order valence-electron chi connectivity index (χ3n) is 4.55. The number of halogens is 4. The van der Waals surface area contributed by atoms with Gasteiger partial charge in [-0.15, -0.1) is 0 Å². The molecule has 0 bridgehead atoms. The van der Waals surface area contributed by atoms with Crippen molar-refractivity contribution in [2.45, 2.75) is 6.18 Å². The van der Waals surface area contributed by atoms with Crippen LogP contribution in [-0.2, 0) is 6.18 Å². The summed E-state index contributed by atoms with van der Waals surface area (Å²) in [5.41, 5.74) is -0.00101. The van der Waals surface area contributed by atoms with Crippen LogP contribution >= 0.6 is 0 Å². The van der Waals surface area contributed by atoms with E-state index in [0.29, 0.717) is 31.1 Å². The van der Waals surface area contributed by atoms with Crippen LogP contribution in [0.5, 0.6) is 5.75 Å². The Balaban J connectivity index is 1.46. The molecule has 1 fully saturated rings. The Bertz CT molecular complexity index is 710. The van der Waals surface area contributed by atoms with Crippen LogP contribution in [0, 0.1) is 5.82 Å². The monoisotopic (exact) mass is 369 g/mol. The Kier molecular flexibility index (Phi) is 5.66. The molecule has 0 aromatic heterocycles. The van der Waals surface area contributed by atoms with Crippen molar-refractivity contribution in [3.63, 3.8) is 0 Å². The molecule has 0 radical (unpaired) electrons. The van der Waals surface area contributed by atoms with E-state index >= 15 is 0 Å². The van der Waals surface area contributed by atoms with Gasteiger partial charge in [-0.05, 0) is 42.5 Å². The fraction of sp³-hybridized carbons (Fsp3) is 0.368. The lowest BCUT2D eigenvalue weighted by atomic mass is 10.1. The quantitative estimate of drug-likeness (QED) is 0.816. The number of benzene rings is 2. The summed E-state index contributed by atoms with van der Waals surface area (Å²) in [6.07, 6.45) is -4.32. The summed E-state index contributed by atoms with van der Waals surface area (Å²) in [5, 5.41) is 0. The maximum Gasteiger partial charge on any atom is 0.416 e. The van der Waals surface area contributed by atoms with Crippen LogP contribution in [0.25, 0.3) is 0 Å². The SMILES string of the molecule is Fc1ccc(OCC[NH+]2CCN(c3cccc(C(F)(F)F)c3)CC2)cc1. The first-order valence-electron chi connectivity index (χ1n) is 8.56. The van der Waals surface area contributed by atoms with Gasteiger partial charge in [-0.1, -0.05) is 6.07 Å². The molecule has 0 spiro atoms. The molecule has 1 aliphatic heterocycles. The molecule has 2 aromatic rings. The van der Waals surface area contributed by atoms with E-state index in [0.717, 1.165) is 25.7 Å². The van der Waals surface area contributed by atoms with Crippen molar-refractivity contribution in [3.8, 4) is 5.75 Å². The summed E-state index contributed by atoms with van der Waals surface area (Å²) >= 11 is 0. The normalized spacial score (nSPS) is 15.9. The van der Waals surface area contributed by atoms with Gasteiger partial charge in [0.1, 0.15) is 24.7 Å². The summed E-state index contributed by atoms with van der Waals surface area (Å²) in [6.45, 7) is 4.39. The zero-order valence-electron chi connectivity index (χ0n) is 14.2.